The Kier molecular flexibility index (Phi) is 5.79. The van der Waals surface area contributed by atoms with Crippen molar-refractivity contribution in [3.05, 3.63) is 29.6 Å². The van der Waals surface area contributed by atoms with Crippen LogP contribution in [0.15, 0.2) is 23.1 Å². The Morgan fingerprint density at radius 2 is 1.88 bits per heavy atom. The summed E-state index contributed by atoms with van der Waals surface area (Å²) in [7, 11) is -4.09. The third-order valence-corrected chi connectivity index (χ3v) is 5.21. The van der Waals surface area contributed by atoms with Gasteiger partial charge in [0.15, 0.2) is 6.61 Å². The summed E-state index contributed by atoms with van der Waals surface area (Å²) < 4.78 is 41.3. The van der Waals surface area contributed by atoms with Gasteiger partial charge < -0.3 is 9.64 Å². The van der Waals surface area contributed by atoms with E-state index in [2.05, 4.69) is 0 Å². The first-order valence-electron chi connectivity index (χ1n) is 7.92. The van der Waals surface area contributed by atoms with Gasteiger partial charge in [-0.3, -0.25) is 4.79 Å². The number of carbonyl (C=O) groups excluding carboxylic acids is 2. The Labute approximate surface area is 146 Å². The Morgan fingerprint density at radius 1 is 1.28 bits per heavy atom. The van der Waals surface area contributed by atoms with E-state index in [1.807, 2.05) is 13.8 Å². The Hall–Kier alpha value is -2.00. The maximum atomic E-state index is 13.8. The number of sulfonamides is 1. The summed E-state index contributed by atoms with van der Waals surface area (Å²) in [6, 6.07) is 2.63. The molecular weight excluding hydrogens is 351 g/mol. The number of piperidine rings is 1. The lowest BCUT2D eigenvalue weighted by Crippen LogP contribution is -2.49. The molecule has 1 heterocycles. The summed E-state index contributed by atoms with van der Waals surface area (Å²) in [5, 5.41) is 4.96. The van der Waals surface area contributed by atoms with E-state index >= 15 is 0 Å². The number of esters is 1. The summed E-state index contributed by atoms with van der Waals surface area (Å²) in [5.41, 5.74) is -0.584. The predicted molar refractivity (Wildman–Crippen MR) is 87.7 cm³/mol. The number of amides is 1. The third-order valence-electron chi connectivity index (χ3n) is 4.29. The minimum absolute atomic E-state index is 0.0393. The zero-order valence-electron chi connectivity index (χ0n) is 14.1. The second-order valence-corrected chi connectivity index (χ2v) is 7.75. The SMILES string of the molecule is C[C@H]1CCC[C@H](C)N1C(=O)COC(=O)c1cc(S(N)(=O)=O)ccc1F. The van der Waals surface area contributed by atoms with Gasteiger partial charge in [0.2, 0.25) is 10.0 Å². The molecule has 2 rings (SSSR count). The summed E-state index contributed by atoms with van der Waals surface area (Å²) in [6.07, 6.45) is 2.77. The molecule has 138 valence electrons. The van der Waals surface area contributed by atoms with Crippen molar-refractivity contribution in [2.24, 2.45) is 5.14 Å². The van der Waals surface area contributed by atoms with Crippen LogP contribution in [0, 0.1) is 5.82 Å². The van der Waals surface area contributed by atoms with E-state index in [9.17, 15) is 22.4 Å². The van der Waals surface area contributed by atoms with Crippen LogP contribution in [0.5, 0.6) is 0 Å². The zero-order valence-corrected chi connectivity index (χ0v) is 14.9. The average Bonchev–Trinajstić information content (AvgIpc) is 2.51. The monoisotopic (exact) mass is 372 g/mol. The molecule has 0 aliphatic carbocycles. The highest BCUT2D eigenvalue weighted by molar-refractivity contribution is 7.89. The predicted octanol–water partition coefficient (Wildman–Crippen LogP) is 1.42. The summed E-state index contributed by atoms with van der Waals surface area (Å²) >= 11 is 0. The quantitative estimate of drug-likeness (QED) is 0.805. The van der Waals surface area contributed by atoms with Crippen molar-refractivity contribution in [1.82, 2.24) is 4.90 Å². The van der Waals surface area contributed by atoms with Crippen LogP contribution in [-0.4, -0.2) is 43.9 Å². The number of nitrogens with zero attached hydrogens (tertiary/aromatic N) is 1. The molecular formula is C16H21FN2O5S. The summed E-state index contributed by atoms with van der Waals surface area (Å²) in [4.78, 5) is 25.6. The van der Waals surface area contributed by atoms with Crippen LogP contribution in [0.4, 0.5) is 4.39 Å². The molecule has 2 N–H and O–H groups in total. The molecule has 1 aromatic carbocycles. The fourth-order valence-corrected chi connectivity index (χ4v) is 3.57. The number of carbonyl (C=O) groups is 2. The lowest BCUT2D eigenvalue weighted by atomic mass is 9.97. The second-order valence-electron chi connectivity index (χ2n) is 6.19. The van der Waals surface area contributed by atoms with Gasteiger partial charge in [0.05, 0.1) is 10.5 Å². The smallest absolute Gasteiger partial charge is 0.341 e. The molecule has 2 atom stereocenters. The van der Waals surface area contributed by atoms with E-state index in [-0.39, 0.29) is 18.0 Å². The molecule has 0 saturated carbocycles. The molecule has 0 unspecified atom stereocenters. The molecule has 25 heavy (non-hydrogen) atoms. The van der Waals surface area contributed by atoms with Crippen LogP contribution < -0.4 is 5.14 Å². The highest BCUT2D eigenvalue weighted by Gasteiger charge is 2.29. The molecule has 1 fully saturated rings. The molecule has 0 radical (unpaired) electrons. The molecule has 0 spiro atoms. The Morgan fingerprint density at radius 3 is 2.44 bits per heavy atom. The first-order chi connectivity index (χ1) is 11.6. The van der Waals surface area contributed by atoms with Gasteiger partial charge in [-0.05, 0) is 51.3 Å². The van der Waals surface area contributed by atoms with Crippen LogP contribution >= 0.6 is 0 Å². The highest BCUT2D eigenvalue weighted by atomic mass is 32.2. The van der Waals surface area contributed by atoms with Gasteiger partial charge in [-0.25, -0.2) is 22.7 Å². The van der Waals surface area contributed by atoms with Crippen LogP contribution in [0.2, 0.25) is 0 Å². The number of nitrogens with two attached hydrogens (primary N) is 1. The van der Waals surface area contributed by atoms with Crippen molar-refractivity contribution in [2.45, 2.75) is 50.1 Å². The largest absolute Gasteiger partial charge is 0.452 e. The van der Waals surface area contributed by atoms with Crippen molar-refractivity contribution in [3.63, 3.8) is 0 Å². The van der Waals surface area contributed by atoms with Gasteiger partial charge in [0.25, 0.3) is 5.91 Å². The van der Waals surface area contributed by atoms with Crippen molar-refractivity contribution < 1.29 is 27.1 Å². The van der Waals surface area contributed by atoms with Gasteiger partial charge >= 0.3 is 5.97 Å². The molecule has 0 aromatic heterocycles. The molecule has 0 bridgehead atoms. The number of halogens is 1. The number of primary sulfonamides is 1. The first-order valence-corrected chi connectivity index (χ1v) is 9.46. The molecule has 1 saturated heterocycles. The normalized spacial score (nSPS) is 21.0. The standard InChI is InChI=1S/C16H21FN2O5S/c1-10-4-3-5-11(2)19(10)15(20)9-24-16(21)13-8-12(25(18,22)23)6-7-14(13)17/h6-8,10-11H,3-5,9H2,1-2H3,(H2,18,22,23)/t10-,11-/m0/s1. The lowest BCUT2D eigenvalue weighted by molar-refractivity contribution is -0.140. The van der Waals surface area contributed by atoms with Gasteiger partial charge in [-0.2, -0.15) is 0 Å². The van der Waals surface area contributed by atoms with E-state index < -0.39 is 38.9 Å². The van der Waals surface area contributed by atoms with Gasteiger partial charge in [-0.15, -0.1) is 0 Å². The molecule has 1 amide bonds. The second kappa shape index (κ2) is 7.49. The summed E-state index contributed by atoms with van der Waals surface area (Å²) in [5.74, 6) is -2.44. The lowest BCUT2D eigenvalue weighted by Gasteiger charge is -2.38. The fourth-order valence-electron chi connectivity index (χ4n) is 3.03. The van der Waals surface area contributed by atoms with Crippen LogP contribution in [0.1, 0.15) is 43.5 Å². The maximum Gasteiger partial charge on any atom is 0.341 e. The van der Waals surface area contributed by atoms with Crippen molar-refractivity contribution in [3.8, 4) is 0 Å². The van der Waals surface area contributed by atoms with Gasteiger partial charge in [0, 0.05) is 12.1 Å². The molecule has 9 heteroatoms. The number of ether oxygens (including phenoxy) is 1. The van der Waals surface area contributed by atoms with Crippen LogP contribution in [0.3, 0.4) is 0 Å². The van der Waals surface area contributed by atoms with E-state index in [0.29, 0.717) is 0 Å². The van der Waals surface area contributed by atoms with Crippen molar-refractivity contribution in [1.29, 1.82) is 0 Å². The maximum absolute atomic E-state index is 13.8. The molecule has 1 aromatic rings. The minimum atomic E-state index is -4.09. The third kappa shape index (κ3) is 4.55. The van der Waals surface area contributed by atoms with E-state index in [4.69, 9.17) is 9.88 Å². The highest BCUT2D eigenvalue weighted by Crippen LogP contribution is 2.22. The molecule has 1 aliphatic heterocycles. The number of rotatable bonds is 4. The fraction of sp³-hybridized carbons (Fsp3) is 0.500. The van der Waals surface area contributed by atoms with Gasteiger partial charge in [0.1, 0.15) is 5.82 Å². The average molecular weight is 372 g/mol. The topological polar surface area (TPSA) is 107 Å². The number of benzene rings is 1. The van der Waals surface area contributed by atoms with Crippen LogP contribution in [0.25, 0.3) is 0 Å². The molecule has 7 nitrogen and oxygen atoms in total. The first kappa shape index (κ1) is 19.3. The Balaban J connectivity index is 2.09. The summed E-state index contributed by atoms with van der Waals surface area (Å²) in [6.45, 7) is 3.31. The van der Waals surface area contributed by atoms with E-state index in [1.54, 1.807) is 4.90 Å². The van der Waals surface area contributed by atoms with Crippen LogP contribution in [-0.2, 0) is 19.6 Å². The zero-order chi connectivity index (χ0) is 18.8. The Bertz CT molecular complexity index is 771. The minimum Gasteiger partial charge on any atom is -0.452 e. The number of hydrogen-bond donors (Lipinski definition) is 1. The number of hydrogen-bond acceptors (Lipinski definition) is 5. The molecule has 1 aliphatic rings. The van der Waals surface area contributed by atoms with Crippen molar-refractivity contribution in [2.75, 3.05) is 6.61 Å². The van der Waals surface area contributed by atoms with E-state index in [1.165, 1.54) is 0 Å². The van der Waals surface area contributed by atoms with Gasteiger partial charge in [-0.1, -0.05) is 0 Å². The van der Waals surface area contributed by atoms with Crippen molar-refractivity contribution >= 4 is 21.9 Å². The van der Waals surface area contributed by atoms with E-state index in [0.717, 1.165) is 37.5 Å². The number of likely N-dealkylation sites (tertiary alicyclic amines) is 1.